The van der Waals surface area contributed by atoms with Gasteiger partial charge in [-0.25, -0.2) is 0 Å². The number of rotatable bonds is 1. The Bertz CT molecular complexity index is 300. The molecule has 0 aromatic carbocycles. The summed E-state index contributed by atoms with van der Waals surface area (Å²) in [5.74, 6) is 0.800. The molecule has 2 rings (SSSR count). The van der Waals surface area contributed by atoms with E-state index < -0.39 is 0 Å². The van der Waals surface area contributed by atoms with Gasteiger partial charge in [-0.3, -0.25) is 4.79 Å². The van der Waals surface area contributed by atoms with Crippen LogP contribution >= 0.6 is 0 Å². The summed E-state index contributed by atoms with van der Waals surface area (Å²) in [5.41, 5.74) is 0. The van der Waals surface area contributed by atoms with Crippen molar-refractivity contribution in [2.24, 2.45) is 0 Å². The molecule has 1 saturated heterocycles. The summed E-state index contributed by atoms with van der Waals surface area (Å²) >= 11 is 0. The van der Waals surface area contributed by atoms with Gasteiger partial charge < -0.3 is 10.2 Å². The van der Waals surface area contributed by atoms with Gasteiger partial charge in [0, 0.05) is 19.3 Å². The Kier molecular flexibility index (Phi) is 2.08. The number of hydrogen-bond donors (Lipinski definition) is 1. The van der Waals surface area contributed by atoms with E-state index in [2.05, 4.69) is 15.5 Å². The Morgan fingerprint density at radius 2 is 2.46 bits per heavy atom. The quantitative estimate of drug-likeness (QED) is 0.624. The first-order chi connectivity index (χ1) is 6.36. The summed E-state index contributed by atoms with van der Waals surface area (Å²) in [6.45, 7) is 1.85. The summed E-state index contributed by atoms with van der Waals surface area (Å²) in [4.78, 5) is 13.0. The van der Waals surface area contributed by atoms with Crippen molar-refractivity contribution in [3.8, 4) is 0 Å². The number of amides is 1. The second-order valence-electron chi connectivity index (χ2n) is 2.85. The number of hydrogen-bond acceptors (Lipinski definition) is 4. The third-order valence-corrected chi connectivity index (χ3v) is 1.92. The zero-order valence-electron chi connectivity index (χ0n) is 7.10. The lowest BCUT2D eigenvalue weighted by Crippen LogP contribution is -2.48. The third kappa shape index (κ3) is 1.74. The molecule has 13 heavy (non-hydrogen) atoms. The fourth-order valence-corrected chi connectivity index (χ4v) is 1.30. The Labute approximate surface area is 75.8 Å². The highest BCUT2D eigenvalue weighted by Gasteiger charge is 2.16. The second-order valence-corrected chi connectivity index (χ2v) is 2.85. The van der Waals surface area contributed by atoms with Crippen molar-refractivity contribution in [3.05, 3.63) is 18.3 Å². The van der Waals surface area contributed by atoms with Gasteiger partial charge in [-0.15, -0.1) is 5.10 Å². The standard InChI is InChI=1S/C8H10N4O/c13-8-6-12(5-4-9-8)7-2-1-3-10-11-7/h1-3H,4-6H2,(H,9,13). The first-order valence-corrected chi connectivity index (χ1v) is 4.15. The topological polar surface area (TPSA) is 58.1 Å². The maximum absolute atomic E-state index is 11.0. The smallest absolute Gasteiger partial charge is 0.239 e. The molecule has 1 aromatic rings. The number of nitrogens with zero attached hydrogens (tertiary/aromatic N) is 3. The zero-order valence-corrected chi connectivity index (χ0v) is 7.10. The fraction of sp³-hybridized carbons (Fsp3) is 0.375. The van der Waals surface area contributed by atoms with E-state index in [0.29, 0.717) is 13.1 Å². The summed E-state index contributed by atoms with van der Waals surface area (Å²) in [6.07, 6.45) is 1.62. The number of anilines is 1. The van der Waals surface area contributed by atoms with Crippen molar-refractivity contribution in [3.63, 3.8) is 0 Å². The SMILES string of the molecule is O=C1CN(c2cccnn2)CCN1. The molecule has 1 aliphatic rings. The molecular weight excluding hydrogens is 168 g/mol. The molecule has 1 aliphatic heterocycles. The maximum atomic E-state index is 11.0. The van der Waals surface area contributed by atoms with Gasteiger partial charge in [0.2, 0.25) is 5.91 Å². The van der Waals surface area contributed by atoms with Gasteiger partial charge in [-0.05, 0) is 12.1 Å². The predicted molar refractivity (Wildman–Crippen MR) is 47.3 cm³/mol. The minimum atomic E-state index is 0.0388. The lowest BCUT2D eigenvalue weighted by molar-refractivity contribution is -0.120. The van der Waals surface area contributed by atoms with Gasteiger partial charge >= 0.3 is 0 Å². The molecule has 0 spiro atoms. The number of aromatic nitrogens is 2. The van der Waals surface area contributed by atoms with E-state index in [-0.39, 0.29) is 5.91 Å². The summed E-state index contributed by atoms with van der Waals surface area (Å²) < 4.78 is 0. The van der Waals surface area contributed by atoms with E-state index in [1.54, 1.807) is 6.20 Å². The van der Waals surface area contributed by atoms with E-state index in [1.165, 1.54) is 0 Å². The van der Waals surface area contributed by atoms with Crippen LogP contribution in [-0.2, 0) is 4.79 Å². The lowest BCUT2D eigenvalue weighted by atomic mass is 10.3. The Morgan fingerprint density at radius 1 is 1.54 bits per heavy atom. The highest BCUT2D eigenvalue weighted by molar-refractivity contribution is 5.82. The third-order valence-electron chi connectivity index (χ3n) is 1.92. The molecule has 0 radical (unpaired) electrons. The summed E-state index contributed by atoms with van der Waals surface area (Å²) in [7, 11) is 0. The molecule has 0 aliphatic carbocycles. The van der Waals surface area contributed by atoms with Crippen LogP contribution in [0, 0.1) is 0 Å². The van der Waals surface area contributed by atoms with E-state index in [4.69, 9.17) is 0 Å². The van der Waals surface area contributed by atoms with Gasteiger partial charge in [-0.2, -0.15) is 5.10 Å². The van der Waals surface area contributed by atoms with Crippen molar-refractivity contribution in [1.29, 1.82) is 0 Å². The summed E-state index contributed by atoms with van der Waals surface area (Å²) in [5, 5.41) is 10.4. The van der Waals surface area contributed by atoms with Gasteiger partial charge in [0.25, 0.3) is 0 Å². The van der Waals surface area contributed by atoms with Gasteiger partial charge in [0.1, 0.15) is 0 Å². The first-order valence-electron chi connectivity index (χ1n) is 4.15. The van der Waals surface area contributed by atoms with Crippen LogP contribution in [0.15, 0.2) is 18.3 Å². The number of carbonyl (C=O) groups excluding carboxylic acids is 1. The molecule has 0 unspecified atom stereocenters. The van der Waals surface area contributed by atoms with E-state index in [9.17, 15) is 4.79 Å². The van der Waals surface area contributed by atoms with Crippen LogP contribution in [0.3, 0.4) is 0 Å². The molecule has 0 bridgehead atoms. The Hall–Kier alpha value is -1.65. The van der Waals surface area contributed by atoms with E-state index in [1.807, 2.05) is 17.0 Å². The lowest BCUT2D eigenvalue weighted by Gasteiger charge is -2.26. The number of piperazine rings is 1. The van der Waals surface area contributed by atoms with Crippen molar-refractivity contribution >= 4 is 11.7 Å². The second kappa shape index (κ2) is 3.38. The van der Waals surface area contributed by atoms with Crippen LogP contribution in [0.25, 0.3) is 0 Å². The number of nitrogens with one attached hydrogen (secondary N) is 1. The molecule has 5 nitrogen and oxygen atoms in total. The fourth-order valence-electron chi connectivity index (χ4n) is 1.30. The van der Waals surface area contributed by atoms with Crippen LogP contribution < -0.4 is 10.2 Å². The average molecular weight is 178 g/mol. The molecule has 1 fully saturated rings. The molecule has 2 heterocycles. The molecule has 1 amide bonds. The molecular formula is C8H10N4O. The zero-order chi connectivity index (χ0) is 9.10. The Morgan fingerprint density at radius 3 is 3.15 bits per heavy atom. The number of carbonyl (C=O) groups is 1. The van der Waals surface area contributed by atoms with Crippen LogP contribution in [0.4, 0.5) is 5.82 Å². The average Bonchev–Trinajstić information content (AvgIpc) is 2.19. The van der Waals surface area contributed by atoms with E-state index >= 15 is 0 Å². The van der Waals surface area contributed by atoms with Crippen molar-refractivity contribution in [2.75, 3.05) is 24.5 Å². The highest BCUT2D eigenvalue weighted by Crippen LogP contribution is 2.08. The maximum Gasteiger partial charge on any atom is 0.239 e. The molecule has 68 valence electrons. The predicted octanol–water partition coefficient (Wildman–Crippen LogP) is -0.587. The minimum Gasteiger partial charge on any atom is -0.353 e. The summed E-state index contributed by atoms with van der Waals surface area (Å²) in [6, 6.07) is 3.67. The Balaban J connectivity index is 2.13. The van der Waals surface area contributed by atoms with Crippen LogP contribution in [0.1, 0.15) is 0 Å². The van der Waals surface area contributed by atoms with Crippen molar-refractivity contribution in [2.45, 2.75) is 0 Å². The monoisotopic (exact) mass is 178 g/mol. The molecule has 0 atom stereocenters. The molecule has 5 heteroatoms. The van der Waals surface area contributed by atoms with Crippen molar-refractivity contribution < 1.29 is 4.79 Å². The van der Waals surface area contributed by atoms with E-state index in [0.717, 1.165) is 12.4 Å². The van der Waals surface area contributed by atoms with Gasteiger partial charge in [0.05, 0.1) is 6.54 Å². The normalized spacial score (nSPS) is 16.9. The molecule has 1 aromatic heterocycles. The minimum absolute atomic E-state index is 0.0388. The largest absolute Gasteiger partial charge is 0.353 e. The van der Waals surface area contributed by atoms with Crippen LogP contribution in [-0.4, -0.2) is 35.7 Å². The highest BCUT2D eigenvalue weighted by atomic mass is 16.2. The van der Waals surface area contributed by atoms with Gasteiger partial charge in [-0.1, -0.05) is 0 Å². The molecule has 0 saturated carbocycles. The van der Waals surface area contributed by atoms with Gasteiger partial charge in [0.15, 0.2) is 5.82 Å². The van der Waals surface area contributed by atoms with Crippen LogP contribution in [0.2, 0.25) is 0 Å². The first kappa shape index (κ1) is 7.97. The van der Waals surface area contributed by atoms with Crippen LogP contribution in [0.5, 0.6) is 0 Å². The molecule has 1 N–H and O–H groups in total. The van der Waals surface area contributed by atoms with Crippen molar-refractivity contribution in [1.82, 2.24) is 15.5 Å².